The highest BCUT2D eigenvalue weighted by molar-refractivity contribution is 7.92. The van der Waals surface area contributed by atoms with E-state index in [2.05, 4.69) is 5.32 Å². The Kier molecular flexibility index (Phi) is 10.6. The summed E-state index contributed by atoms with van der Waals surface area (Å²) in [4.78, 5) is 27.9. The zero-order valence-electron chi connectivity index (χ0n) is 23.1. The van der Waals surface area contributed by atoms with Gasteiger partial charge in [0.1, 0.15) is 12.6 Å². The van der Waals surface area contributed by atoms with Crippen LogP contribution in [0, 0.1) is 0 Å². The number of hydrogen-bond acceptors (Lipinski definition) is 4. The molecule has 0 aliphatic heterocycles. The number of sulfonamides is 1. The summed E-state index contributed by atoms with van der Waals surface area (Å²) < 4.78 is 68.7. The first-order valence-corrected chi connectivity index (χ1v) is 14.7. The Bertz CT molecular complexity index is 1420. The summed E-state index contributed by atoms with van der Waals surface area (Å²) in [6, 6.07) is 19.1. The highest BCUT2D eigenvalue weighted by Gasteiger charge is 2.35. The lowest BCUT2D eigenvalue weighted by atomic mass is 10.1. The molecule has 0 aromatic heterocycles. The molecule has 7 nitrogen and oxygen atoms in total. The van der Waals surface area contributed by atoms with Crippen molar-refractivity contribution in [2.45, 2.75) is 56.8 Å². The van der Waals surface area contributed by atoms with E-state index in [1.807, 2.05) is 44.2 Å². The smallest absolute Gasteiger partial charge is 0.352 e. The van der Waals surface area contributed by atoms with Crippen LogP contribution in [0.4, 0.5) is 18.9 Å². The quantitative estimate of drug-likeness (QED) is 0.312. The van der Waals surface area contributed by atoms with Crippen molar-refractivity contribution in [2.75, 3.05) is 17.4 Å². The van der Waals surface area contributed by atoms with Crippen LogP contribution in [0.25, 0.3) is 0 Å². The highest BCUT2D eigenvalue weighted by atomic mass is 32.2. The van der Waals surface area contributed by atoms with Crippen LogP contribution in [0.2, 0.25) is 0 Å². The lowest BCUT2D eigenvalue weighted by Gasteiger charge is -2.32. The number of nitrogens with one attached hydrogen (secondary N) is 1. The third-order valence-electron chi connectivity index (χ3n) is 6.72. The molecule has 1 N–H and O–H groups in total. The number of rotatable bonds is 12. The average molecular weight is 590 g/mol. The fraction of sp³-hybridized carbons (Fsp3) is 0.333. The average Bonchev–Trinajstić information content (AvgIpc) is 2.96. The van der Waals surface area contributed by atoms with Crippen LogP contribution in [0.15, 0.2) is 89.8 Å². The van der Waals surface area contributed by atoms with Crippen LogP contribution in [0.3, 0.4) is 0 Å². The number of carbonyl (C=O) groups is 2. The van der Waals surface area contributed by atoms with Crippen LogP contribution in [-0.4, -0.2) is 50.3 Å². The van der Waals surface area contributed by atoms with Crippen molar-refractivity contribution >= 4 is 27.5 Å². The molecule has 0 saturated heterocycles. The Morgan fingerprint density at radius 2 is 1.51 bits per heavy atom. The molecule has 0 radical (unpaired) electrons. The van der Waals surface area contributed by atoms with Gasteiger partial charge in [-0.15, -0.1) is 0 Å². The molecule has 0 fully saturated rings. The molecule has 2 atom stereocenters. The normalized spacial score (nSPS) is 13.2. The van der Waals surface area contributed by atoms with Gasteiger partial charge in [-0.2, -0.15) is 13.2 Å². The van der Waals surface area contributed by atoms with Crippen LogP contribution in [-0.2, 0) is 32.2 Å². The standard InChI is InChI=1S/C30H34F3N3O4S/c1-4-22(2)34-29(38)23(3)35(19-18-24-12-7-5-8-13-24)28(37)21-36(41(39,40)27-16-9-6-10-17-27)26-15-11-14-25(20-26)30(31,32)33/h5-17,20,22-23H,4,18-19,21H2,1-3H3,(H,34,38)/t22-,23-/m0/s1. The van der Waals surface area contributed by atoms with Gasteiger partial charge in [0.15, 0.2) is 0 Å². The van der Waals surface area contributed by atoms with Gasteiger partial charge in [-0.25, -0.2) is 8.42 Å². The Balaban J connectivity index is 2.02. The van der Waals surface area contributed by atoms with Gasteiger partial charge in [-0.05, 0) is 62.6 Å². The zero-order chi connectivity index (χ0) is 30.2. The molecule has 0 spiro atoms. The SMILES string of the molecule is CC[C@H](C)NC(=O)[C@H](C)N(CCc1ccccc1)C(=O)CN(c1cccc(C(F)(F)F)c1)S(=O)(=O)c1ccccc1. The van der Waals surface area contributed by atoms with Crippen molar-refractivity contribution in [3.63, 3.8) is 0 Å². The maximum Gasteiger partial charge on any atom is 0.416 e. The van der Waals surface area contributed by atoms with Crippen LogP contribution >= 0.6 is 0 Å². The third-order valence-corrected chi connectivity index (χ3v) is 8.51. The van der Waals surface area contributed by atoms with Crippen molar-refractivity contribution in [3.05, 3.63) is 96.1 Å². The van der Waals surface area contributed by atoms with E-state index in [9.17, 15) is 31.2 Å². The molecule has 3 rings (SSSR count). The van der Waals surface area contributed by atoms with Crippen LogP contribution in [0.5, 0.6) is 0 Å². The molecule has 11 heteroatoms. The third kappa shape index (κ3) is 8.32. The summed E-state index contributed by atoms with van der Waals surface area (Å²) in [5.74, 6) is -1.15. The summed E-state index contributed by atoms with van der Waals surface area (Å²) in [6.45, 7) is 4.53. The topological polar surface area (TPSA) is 86.8 Å². The van der Waals surface area contributed by atoms with Gasteiger partial charge in [0.05, 0.1) is 16.1 Å². The lowest BCUT2D eigenvalue weighted by molar-refractivity contribution is -0.139. The fourth-order valence-corrected chi connectivity index (χ4v) is 5.55. The van der Waals surface area contributed by atoms with E-state index in [0.29, 0.717) is 23.2 Å². The Morgan fingerprint density at radius 3 is 2.10 bits per heavy atom. The van der Waals surface area contributed by atoms with Gasteiger partial charge in [0, 0.05) is 12.6 Å². The zero-order valence-corrected chi connectivity index (χ0v) is 24.0. The first-order valence-electron chi connectivity index (χ1n) is 13.2. The van der Waals surface area contributed by atoms with Gasteiger partial charge in [0.25, 0.3) is 10.0 Å². The summed E-state index contributed by atoms with van der Waals surface area (Å²) in [5.41, 5.74) is -0.485. The molecule has 3 aromatic rings. The minimum atomic E-state index is -4.73. The fourth-order valence-electron chi connectivity index (χ4n) is 4.12. The molecular formula is C30H34F3N3O4S. The predicted molar refractivity (Wildman–Crippen MR) is 152 cm³/mol. The maximum absolute atomic E-state index is 13.8. The number of nitrogens with zero attached hydrogens (tertiary/aromatic N) is 2. The van der Waals surface area contributed by atoms with E-state index in [-0.39, 0.29) is 23.2 Å². The Labute approximate surface area is 239 Å². The summed E-state index contributed by atoms with van der Waals surface area (Å²) in [7, 11) is -4.46. The number of benzene rings is 3. The van der Waals surface area contributed by atoms with E-state index >= 15 is 0 Å². The molecule has 0 unspecified atom stereocenters. The lowest BCUT2D eigenvalue weighted by Crippen LogP contribution is -2.53. The molecule has 0 heterocycles. The number of hydrogen-bond donors (Lipinski definition) is 1. The van der Waals surface area contributed by atoms with Crippen molar-refractivity contribution in [1.29, 1.82) is 0 Å². The van der Waals surface area contributed by atoms with Crippen molar-refractivity contribution in [2.24, 2.45) is 0 Å². The number of carbonyl (C=O) groups excluding carboxylic acids is 2. The van der Waals surface area contributed by atoms with Crippen molar-refractivity contribution in [3.8, 4) is 0 Å². The van der Waals surface area contributed by atoms with Gasteiger partial charge >= 0.3 is 6.18 Å². The summed E-state index contributed by atoms with van der Waals surface area (Å²) >= 11 is 0. The highest BCUT2D eigenvalue weighted by Crippen LogP contribution is 2.33. The van der Waals surface area contributed by atoms with E-state index < -0.39 is 46.2 Å². The molecule has 41 heavy (non-hydrogen) atoms. The largest absolute Gasteiger partial charge is 0.416 e. The molecule has 220 valence electrons. The number of amides is 2. The van der Waals surface area contributed by atoms with Crippen molar-refractivity contribution < 1.29 is 31.2 Å². The molecule has 2 amide bonds. The second-order valence-electron chi connectivity index (χ2n) is 9.69. The second kappa shape index (κ2) is 13.7. The minimum Gasteiger partial charge on any atom is -0.352 e. The minimum absolute atomic E-state index is 0.0831. The summed E-state index contributed by atoms with van der Waals surface area (Å²) in [5, 5.41) is 2.84. The summed E-state index contributed by atoms with van der Waals surface area (Å²) in [6.07, 6.45) is -3.69. The van der Waals surface area contributed by atoms with Crippen molar-refractivity contribution in [1.82, 2.24) is 10.2 Å². The van der Waals surface area contributed by atoms with Crippen LogP contribution < -0.4 is 9.62 Å². The first-order chi connectivity index (χ1) is 19.3. The van der Waals surface area contributed by atoms with Gasteiger partial charge < -0.3 is 10.2 Å². The Hall–Kier alpha value is -3.86. The van der Waals surface area contributed by atoms with Gasteiger partial charge in [-0.3, -0.25) is 13.9 Å². The monoisotopic (exact) mass is 589 g/mol. The van der Waals surface area contributed by atoms with E-state index in [0.717, 1.165) is 17.7 Å². The molecule has 0 aliphatic carbocycles. The van der Waals surface area contributed by atoms with Crippen LogP contribution in [0.1, 0.15) is 38.3 Å². The maximum atomic E-state index is 13.8. The van der Waals surface area contributed by atoms with E-state index in [1.165, 1.54) is 35.2 Å². The molecular weight excluding hydrogens is 555 g/mol. The number of anilines is 1. The van der Waals surface area contributed by atoms with E-state index in [4.69, 9.17) is 0 Å². The van der Waals surface area contributed by atoms with Gasteiger partial charge in [-0.1, -0.05) is 61.5 Å². The predicted octanol–water partition coefficient (Wildman–Crippen LogP) is 5.28. The number of halogens is 3. The van der Waals surface area contributed by atoms with E-state index in [1.54, 1.807) is 13.0 Å². The molecule has 3 aromatic carbocycles. The first kappa shape index (κ1) is 31.7. The van der Waals surface area contributed by atoms with Gasteiger partial charge in [0.2, 0.25) is 11.8 Å². The molecule has 0 saturated carbocycles. The second-order valence-corrected chi connectivity index (χ2v) is 11.6. The number of alkyl halides is 3. The molecule has 0 bridgehead atoms. The Morgan fingerprint density at radius 1 is 0.902 bits per heavy atom. The molecule has 0 aliphatic rings.